The second-order valence-corrected chi connectivity index (χ2v) is 8.28. The lowest BCUT2D eigenvalue weighted by atomic mass is 10.2. The summed E-state index contributed by atoms with van der Waals surface area (Å²) in [6, 6.07) is 9.97. The smallest absolute Gasteiger partial charge is 0.224 e. The number of hydrogen-bond donors (Lipinski definition) is 0. The zero-order chi connectivity index (χ0) is 16.4. The van der Waals surface area contributed by atoms with E-state index >= 15 is 0 Å². The topological polar surface area (TPSA) is 59.4 Å². The van der Waals surface area contributed by atoms with E-state index in [1.807, 2.05) is 37.4 Å². The van der Waals surface area contributed by atoms with Gasteiger partial charge < -0.3 is 9.47 Å². The predicted octanol–water partition coefficient (Wildman–Crippen LogP) is 2.07. The van der Waals surface area contributed by atoms with Crippen LogP contribution in [0.3, 0.4) is 0 Å². The third-order valence-corrected chi connectivity index (χ3v) is 6.31. The Bertz CT molecular complexity index is 810. The van der Waals surface area contributed by atoms with Crippen LogP contribution in [0.25, 0.3) is 10.9 Å². The van der Waals surface area contributed by atoms with Crippen LogP contribution >= 0.6 is 0 Å². The number of para-hydroxylation sites is 1. The van der Waals surface area contributed by atoms with Gasteiger partial charge in [0.1, 0.15) is 0 Å². The van der Waals surface area contributed by atoms with E-state index in [1.165, 1.54) is 0 Å². The van der Waals surface area contributed by atoms with E-state index in [1.54, 1.807) is 4.90 Å². The first kappa shape index (κ1) is 16.1. The summed E-state index contributed by atoms with van der Waals surface area (Å²) in [5.74, 6) is 0.343. The fourth-order valence-electron chi connectivity index (χ4n) is 3.35. The van der Waals surface area contributed by atoms with Gasteiger partial charge in [-0.2, -0.15) is 0 Å². The number of carbonyl (C=O) groups is 1. The summed E-state index contributed by atoms with van der Waals surface area (Å²) in [6.45, 7) is 3.08. The van der Waals surface area contributed by atoms with Gasteiger partial charge in [0.2, 0.25) is 5.91 Å². The molecule has 1 aromatic carbocycles. The van der Waals surface area contributed by atoms with E-state index in [0.29, 0.717) is 25.9 Å². The highest BCUT2D eigenvalue weighted by Gasteiger charge is 2.33. The summed E-state index contributed by atoms with van der Waals surface area (Å²) in [5.41, 5.74) is 1.12. The number of hydrogen-bond acceptors (Lipinski definition) is 3. The lowest BCUT2D eigenvalue weighted by molar-refractivity contribution is -0.133. The van der Waals surface area contributed by atoms with Crippen LogP contribution in [0.1, 0.15) is 19.8 Å². The average molecular weight is 334 g/mol. The molecule has 0 unspecified atom stereocenters. The van der Waals surface area contributed by atoms with E-state index in [4.69, 9.17) is 0 Å². The lowest BCUT2D eigenvalue weighted by Gasteiger charge is -2.27. The van der Waals surface area contributed by atoms with Gasteiger partial charge >= 0.3 is 0 Å². The quantitative estimate of drug-likeness (QED) is 0.841. The molecule has 1 aliphatic rings. The molecule has 1 amide bonds. The monoisotopic (exact) mass is 334 g/mol. The van der Waals surface area contributed by atoms with Crippen LogP contribution in [-0.2, 0) is 21.2 Å². The van der Waals surface area contributed by atoms with Crippen molar-refractivity contribution in [2.24, 2.45) is 0 Å². The number of benzene rings is 1. The van der Waals surface area contributed by atoms with Gasteiger partial charge in [-0.05, 0) is 30.9 Å². The molecular formula is C17H22N2O3S. The van der Waals surface area contributed by atoms with Crippen molar-refractivity contribution in [3.63, 3.8) is 0 Å². The summed E-state index contributed by atoms with van der Waals surface area (Å²) < 4.78 is 25.3. The Morgan fingerprint density at radius 1 is 1.30 bits per heavy atom. The Morgan fingerprint density at radius 3 is 2.78 bits per heavy atom. The van der Waals surface area contributed by atoms with Crippen LogP contribution in [0.2, 0.25) is 0 Å². The molecule has 124 valence electrons. The first-order valence-electron chi connectivity index (χ1n) is 8.04. The summed E-state index contributed by atoms with van der Waals surface area (Å²) in [7, 11) is -2.97. The van der Waals surface area contributed by atoms with Gasteiger partial charge in [-0.25, -0.2) is 8.42 Å². The molecule has 1 saturated heterocycles. The minimum absolute atomic E-state index is 0.0346. The van der Waals surface area contributed by atoms with Gasteiger partial charge in [0.15, 0.2) is 9.84 Å². The van der Waals surface area contributed by atoms with Crippen molar-refractivity contribution in [2.75, 3.05) is 18.1 Å². The molecule has 3 rings (SSSR count). The fraction of sp³-hybridized carbons (Fsp3) is 0.471. The number of aryl methyl sites for hydroxylation is 1. The summed E-state index contributed by atoms with van der Waals surface area (Å²) in [5, 5.41) is 1.16. The number of amides is 1. The summed E-state index contributed by atoms with van der Waals surface area (Å²) in [4.78, 5) is 14.3. The molecule has 23 heavy (non-hydrogen) atoms. The van der Waals surface area contributed by atoms with E-state index in [0.717, 1.165) is 10.9 Å². The van der Waals surface area contributed by atoms with Crippen LogP contribution in [0.4, 0.5) is 0 Å². The van der Waals surface area contributed by atoms with E-state index in [9.17, 15) is 13.2 Å². The van der Waals surface area contributed by atoms with Crippen molar-refractivity contribution in [3.8, 4) is 0 Å². The molecule has 0 radical (unpaired) electrons. The molecule has 5 nitrogen and oxygen atoms in total. The Balaban J connectivity index is 1.66. The standard InChI is InChI=1S/C17H22N2O3S/c1-2-19(15-9-12-23(21,22)13-15)17(20)8-11-18-10-7-14-5-3-4-6-16(14)18/h3-7,10,15H,2,8-9,11-13H2,1H3/t15-/m0/s1. The van der Waals surface area contributed by atoms with Crippen LogP contribution in [-0.4, -0.2) is 47.9 Å². The molecule has 0 spiro atoms. The number of aromatic nitrogens is 1. The second-order valence-electron chi connectivity index (χ2n) is 6.05. The Hall–Kier alpha value is -1.82. The predicted molar refractivity (Wildman–Crippen MR) is 91.0 cm³/mol. The van der Waals surface area contributed by atoms with Crippen molar-refractivity contribution in [3.05, 3.63) is 36.5 Å². The van der Waals surface area contributed by atoms with Gasteiger partial charge in [-0.1, -0.05) is 18.2 Å². The van der Waals surface area contributed by atoms with Gasteiger partial charge in [0.05, 0.1) is 11.5 Å². The number of rotatable bonds is 5. The van der Waals surface area contributed by atoms with Crippen molar-refractivity contribution >= 4 is 26.6 Å². The molecule has 0 saturated carbocycles. The first-order valence-corrected chi connectivity index (χ1v) is 9.86. The molecule has 2 heterocycles. The molecule has 0 N–H and O–H groups in total. The Labute approximate surface area is 136 Å². The van der Waals surface area contributed by atoms with Gasteiger partial charge in [-0.3, -0.25) is 4.79 Å². The fourth-order valence-corrected chi connectivity index (χ4v) is 5.09. The maximum atomic E-state index is 12.5. The van der Waals surface area contributed by atoms with Crippen molar-refractivity contribution in [1.82, 2.24) is 9.47 Å². The molecule has 1 atom stereocenters. The third-order valence-electron chi connectivity index (χ3n) is 4.56. The third kappa shape index (κ3) is 3.42. The van der Waals surface area contributed by atoms with Crippen LogP contribution in [0, 0.1) is 0 Å². The second kappa shape index (κ2) is 6.35. The van der Waals surface area contributed by atoms with E-state index in [-0.39, 0.29) is 23.5 Å². The molecule has 0 aliphatic carbocycles. The maximum Gasteiger partial charge on any atom is 0.224 e. The SMILES string of the molecule is CCN(C(=O)CCn1ccc2ccccc21)[C@H]1CCS(=O)(=O)C1. The minimum Gasteiger partial charge on any atom is -0.347 e. The maximum absolute atomic E-state index is 12.5. The summed E-state index contributed by atoms with van der Waals surface area (Å²) in [6.07, 6.45) is 2.95. The number of fused-ring (bicyclic) bond motifs is 1. The molecular weight excluding hydrogens is 312 g/mol. The molecule has 0 bridgehead atoms. The Kier molecular flexibility index (Phi) is 4.43. The van der Waals surface area contributed by atoms with Crippen LogP contribution < -0.4 is 0 Å². The number of nitrogens with zero attached hydrogens (tertiary/aromatic N) is 2. The largest absolute Gasteiger partial charge is 0.347 e. The van der Waals surface area contributed by atoms with Gasteiger partial charge in [-0.15, -0.1) is 0 Å². The highest BCUT2D eigenvalue weighted by atomic mass is 32.2. The highest BCUT2D eigenvalue weighted by Crippen LogP contribution is 2.19. The normalized spacial score (nSPS) is 20.0. The molecule has 1 aliphatic heterocycles. The van der Waals surface area contributed by atoms with Crippen LogP contribution in [0.5, 0.6) is 0 Å². The molecule has 1 aromatic heterocycles. The zero-order valence-electron chi connectivity index (χ0n) is 13.3. The van der Waals surface area contributed by atoms with E-state index < -0.39 is 9.84 Å². The molecule has 1 fully saturated rings. The first-order chi connectivity index (χ1) is 11.0. The minimum atomic E-state index is -2.97. The number of sulfone groups is 1. The highest BCUT2D eigenvalue weighted by molar-refractivity contribution is 7.91. The summed E-state index contributed by atoms with van der Waals surface area (Å²) >= 11 is 0. The molecule has 6 heteroatoms. The van der Waals surface area contributed by atoms with Crippen LogP contribution in [0.15, 0.2) is 36.5 Å². The lowest BCUT2D eigenvalue weighted by Crippen LogP contribution is -2.41. The van der Waals surface area contributed by atoms with Crippen molar-refractivity contribution < 1.29 is 13.2 Å². The van der Waals surface area contributed by atoms with Crippen molar-refractivity contribution in [2.45, 2.75) is 32.4 Å². The zero-order valence-corrected chi connectivity index (χ0v) is 14.1. The average Bonchev–Trinajstić information content (AvgIpc) is 3.09. The van der Waals surface area contributed by atoms with Gasteiger partial charge in [0, 0.05) is 37.3 Å². The van der Waals surface area contributed by atoms with Gasteiger partial charge in [0.25, 0.3) is 0 Å². The number of carbonyl (C=O) groups excluding carboxylic acids is 1. The Morgan fingerprint density at radius 2 is 2.09 bits per heavy atom. The van der Waals surface area contributed by atoms with E-state index in [2.05, 4.69) is 10.6 Å². The van der Waals surface area contributed by atoms with Crippen molar-refractivity contribution in [1.29, 1.82) is 0 Å². The molecule has 2 aromatic rings.